The molecule has 0 bridgehead atoms. The number of nitrogens with two attached hydrogens (primary N) is 1. The van der Waals surface area contributed by atoms with Crippen molar-refractivity contribution in [3.8, 4) is 0 Å². The number of esters is 1. The molecule has 2 rings (SSSR count). The van der Waals surface area contributed by atoms with Gasteiger partial charge in [-0.05, 0) is 18.6 Å². The topological polar surface area (TPSA) is 72.6 Å². The summed E-state index contributed by atoms with van der Waals surface area (Å²) in [7, 11) is 1.34. The van der Waals surface area contributed by atoms with Crippen LogP contribution in [0, 0.1) is 5.92 Å². The number of piperidine rings is 1. The zero-order chi connectivity index (χ0) is 13.8. The van der Waals surface area contributed by atoms with Gasteiger partial charge in [0.15, 0.2) is 0 Å². The predicted molar refractivity (Wildman–Crippen MR) is 70.4 cm³/mol. The fourth-order valence-electron chi connectivity index (χ4n) is 2.32. The van der Waals surface area contributed by atoms with Gasteiger partial charge < -0.3 is 15.4 Å². The molecule has 2 atom stereocenters. The summed E-state index contributed by atoms with van der Waals surface area (Å²) in [5, 5.41) is 0. The molecule has 5 nitrogen and oxygen atoms in total. The first-order valence-electron chi connectivity index (χ1n) is 6.31. The summed E-state index contributed by atoms with van der Waals surface area (Å²) in [6.07, 6.45) is 0.609. The highest BCUT2D eigenvalue weighted by molar-refractivity contribution is 5.94. The van der Waals surface area contributed by atoms with Gasteiger partial charge in [0.2, 0.25) is 0 Å². The first kappa shape index (κ1) is 13.5. The second-order valence-corrected chi connectivity index (χ2v) is 4.70. The van der Waals surface area contributed by atoms with Crippen LogP contribution in [0.4, 0.5) is 0 Å². The highest BCUT2D eigenvalue weighted by Crippen LogP contribution is 2.19. The number of hydrogen-bond donors (Lipinski definition) is 1. The van der Waals surface area contributed by atoms with Gasteiger partial charge in [-0.25, -0.2) is 0 Å². The number of ether oxygens (including phenoxy) is 1. The summed E-state index contributed by atoms with van der Waals surface area (Å²) < 4.78 is 4.74. The Morgan fingerprint density at radius 1 is 1.32 bits per heavy atom. The normalized spacial score (nSPS) is 22.9. The molecule has 1 aliphatic rings. The molecule has 19 heavy (non-hydrogen) atoms. The SMILES string of the molecule is COC(=O)C1CN(C(=O)c2ccccc2)CCC1N. The first-order chi connectivity index (χ1) is 9.13. The average Bonchev–Trinajstić information content (AvgIpc) is 2.47. The molecule has 5 heteroatoms. The van der Waals surface area contributed by atoms with Gasteiger partial charge in [0, 0.05) is 24.7 Å². The number of rotatable bonds is 2. The third kappa shape index (κ3) is 2.93. The number of hydrogen-bond acceptors (Lipinski definition) is 4. The minimum atomic E-state index is -0.439. The minimum absolute atomic E-state index is 0.0681. The van der Waals surface area contributed by atoms with E-state index < -0.39 is 5.92 Å². The molecule has 102 valence electrons. The fraction of sp³-hybridized carbons (Fsp3) is 0.429. The summed E-state index contributed by atoms with van der Waals surface area (Å²) in [5.41, 5.74) is 6.54. The van der Waals surface area contributed by atoms with Gasteiger partial charge in [-0.15, -0.1) is 0 Å². The second-order valence-electron chi connectivity index (χ2n) is 4.70. The molecule has 0 radical (unpaired) electrons. The van der Waals surface area contributed by atoms with Crippen molar-refractivity contribution in [1.82, 2.24) is 4.90 Å². The molecule has 0 aliphatic carbocycles. The van der Waals surface area contributed by atoms with Crippen LogP contribution in [-0.4, -0.2) is 43.0 Å². The van der Waals surface area contributed by atoms with E-state index in [1.807, 2.05) is 18.2 Å². The van der Waals surface area contributed by atoms with Gasteiger partial charge in [0.1, 0.15) is 0 Å². The molecule has 1 aliphatic heterocycles. The van der Waals surface area contributed by atoms with Crippen molar-refractivity contribution in [1.29, 1.82) is 0 Å². The maximum absolute atomic E-state index is 12.3. The highest BCUT2D eigenvalue weighted by Gasteiger charge is 2.34. The predicted octanol–water partition coefficient (Wildman–Crippen LogP) is 0.649. The van der Waals surface area contributed by atoms with Crippen LogP contribution in [0.1, 0.15) is 16.8 Å². The van der Waals surface area contributed by atoms with Crippen LogP contribution in [0.25, 0.3) is 0 Å². The molecular formula is C14H18N2O3. The summed E-state index contributed by atoms with van der Waals surface area (Å²) >= 11 is 0. The summed E-state index contributed by atoms with van der Waals surface area (Å²) in [5.74, 6) is -0.856. The Kier molecular flexibility index (Phi) is 4.16. The molecule has 1 aromatic carbocycles. The molecule has 1 aromatic rings. The monoisotopic (exact) mass is 262 g/mol. The number of methoxy groups -OCH3 is 1. The Hall–Kier alpha value is -1.88. The van der Waals surface area contributed by atoms with E-state index in [2.05, 4.69) is 0 Å². The number of benzene rings is 1. The average molecular weight is 262 g/mol. The third-order valence-electron chi connectivity index (χ3n) is 3.48. The Morgan fingerprint density at radius 3 is 2.63 bits per heavy atom. The lowest BCUT2D eigenvalue weighted by atomic mass is 9.92. The van der Waals surface area contributed by atoms with Gasteiger partial charge in [-0.3, -0.25) is 9.59 Å². The zero-order valence-corrected chi connectivity index (χ0v) is 10.9. The number of amides is 1. The molecule has 0 spiro atoms. The number of carbonyl (C=O) groups excluding carboxylic acids is 2. The van der Waals surface area contributed by atoms with Crippen molar-refractivity contribution in [2.24, 2.45) is 11.7 Å². The first-order valence-corrected chi connectivity index (χ1v) is 6.31. The maximum Gasteiger partial charge on any atom is 0.312 e. The second kappa shape index (κ2) is 5.84. The van der Waals surface area contributed by atoms with E-state index in [-0.39, 0.29) is 17.9 Å². The Morgan fingerprint density at radius 2 is 2.00 bits per heavy atom. The van der Waals surface area contributed by atoms with Crippen molar-refractivity contribution in [3.05, 3.63) is 35.9 Å². The number of likely N-dealkylation sites (tertiary alicyclic amines) is 1. The highest BCUT2D eigenvalue weighted by atomic mass is 16.5. The van der Waals surface area contributed by atoms with E-state index in [0.717, 1.165) is 0 Å². The van der Waals surface area contributed by atoms with Gasteiger partial charge in [-0.1, -0.05) is 18.2 Å². The van der Waals surface area contributed by atoms with Crippen LogP contribution < -0.4 is 5.73 Å². The van der Waals surface area contributed by atoms with Crippen molar-refractivity contribution in [3.63, 3.8) is 0 Å². The van der Waals surface area contributed by atoms with E-state index in [4.69, 9.17) is 10.5 Å². The van der Waals surface area contributed by atoms with Gasteiger partial charge in [0.05, 0.1) is 13.0 Å². The van der Waals surface area contributed by atoms with E-state index in [1.165, 1.54) is 7.11 Å². The molecule has 0 aromatic heterocycles. The Labute approximate surface area is 112 Å². The van der Waals surface area contributed by atoms with Gasteiger partial charge >= 0.3 is 5.97 Å². The lowest BCUT2D eigenvalue weighted by molar-refractivity contribution is -0.147. The van der Waals surface area contributed by atoms with Crippen LogP contribution in [-0.2, 0) is 9.53 Å². The fourth-order valence-corrected chi connectivity index (χ4v) is 2.32. The van der Waals surface area contributed by atoms with Gasteiger partial charge in [-0.2, -0.15) is 0 Å². The minimum Gasteiger partial charge on any atom is -0.469 e. The molecule has 0 saturated carbocycles. The third-order valence-corrected chi connectivity index (χ3v) is 3.48. The Bertz CT molecular complexity index is 461. The molecule has 1 amide bonds. The molecular weight excluding hydrogens is 244 g/mol. The van der Waals surface area contributed by atoms with Crippen molar-refractivity contribution >= 4 is 11.9 Å². The van der Waals surface area contributed by atoms with Crippen molar-refractivity contribution in [2.75, 3.05) is 20.2 Å². The van der Waals surface area contributed by atoms with Gasteiger partial charge in [0.25, 0.3) is 5.91 Å². The maximum atomic E-state index is 12.3. The lowest BCUT2D eigenvalue weighted by Gasteiger charge is -2.35. The van der Waals surface area contributed by atoms with Crippen LogP contribution in [0.2, 0.25) is 0 Å². The van der Waals surface area contributed by atoms with Crippen LogP contribution >= 0.6 is 0 Å². The smallest absolute Gasteiger partial charge is 0.312 e. The Balaban J connectivity index is 2.10. The molecule has 1 fully saturated rings. The quantitative estimate of drug-likeness (QED) is 0.794. The van der Waals surface area contributed by atoms with Crippen molar-refractivity contribution < 1.29 is 14.3 Å². The lowest BCUT2D eigenvalue weighted by Crippen LogP contribution is -2.52. The molecule has 2 unspecified atom stereocenters. The van der Waals surface area contributed by atoms with Crippen molar-refractivity contribution in [2.45, 2.75) is 12.5 Å². The van der Waals surface area contributed by atoms with Crippen LogP contribution in [0.5, 0.6) is 0 Å². The van der Waals surface area contributed by atoms with E-state index in [9.17, 15) is 9.59 Å². The number of nitrogens with zero attached hydrogens (tertiary/aromatic N) is 1. The largest absolute Gasteiger partial charge is 0.469 e. The van der Waals surface area contributed by atoms with Crippen LogP contribution in [0.15, 0.2) is 30.3 Å². The van der Waals surface area contributed by atoms with E-state index in [0.29, 0.717) is 25.1 Å². The standard InChI is InChI=1S/C14H18N2O3/c1-19-14(18)11-9-16(8-7-12(11)15)13(17)10-5-3-2-4-6-10/h2-6,11-12H,7-9,15H2,1H3. The molecule has 1 saturated heterocycles. The zero-order valence-electron chi connectivity index (χ0n) is 10.9. The summed E-state index contributed by atoms with van der Waals surface area (Å²) in [6, 6.07) is 8.79. The summed E-state index contributed by atoms with van der Waals surface area (Å²) in [6.45, 7) is 0.893. The molecule has 1 heterocycles. The summed E-state index contributed by atoms with van der Waals surface area (Å²) in [4.78, 5) is 25.6. The van der Waals surface area contributed by atoms with Crippen LogP contribution in [0.3, 0.4) is 0 Å². The molecule has 2 N–H and O–H groups in total. The number of carbonyl (C=O) groups is 2. The van der Waals surface area contributed by atoms with E-state index in [1.54, 1.807) is 17.0 Å². The van der Waals surface area contributed by atoms with E-state index >= 15 is 0 Å².